The monoisotopic (exact) mass is 480 g/mol. The molecule has 0 unspecified atom stereocenters. The van der Waals surface area contributed by atoms with Gasteiger partial charge in [-0.15, -0.1) is 0 Å². The van der Waals surface area contributed by atoms with Gasteiger partial charge in [-0.25, -0.2) is 0 Å². The number of nitrogens with two attached hydrogens (primary N) is 4. The van der Waals surface area contributed by atoms with Gasteiger partial charge < -0.3 is 33.6 Å². The highest BCUT2D eigenvalue weighted by atomic mass is 16.2. The van der Waals surface area contributed by atoms with E-state index in [0.29, 0.717) is 56.6 Å². The molecular formula is C26H24N8O2. The van der Waals surface area contributed by atoms with Gasteiger partial charge in [0.25, 0.3) is 11.8 Å². The van der Waals surface area contributed by atoms with Crippen LogP contribution in [-0.2, 0) is 0 Å². The summed E-state index contributed by atoms with van der Waals surface area (Å²) < 4.78 is 0. The van der Waals surface area contributed by atoms with Crippen molar-refractivity contribution in [1.29, 1.82) is 0 Å². The Labute approximate surface area is 207 Å². The van der Waals surface area contributed by atoms with Crippen LogP contribution in [0.1, 0.15) is 20.7 Å². The summed E-state index contributed by atoms with van der Waals surface area (Å²) in [4.78, 5) is 24.8. The van der Waals surface area contributed by atoms with Gasteiger partial charge in [-0.1, -0.05) is 0 Å². The Kier molecular flexibility index (Phi) is 6.78. The number of nitrogen functional groups attached to an aromatic ring is 4. The summed E-state index contributed by atoms with van der Waals surface area (Å²) in [5.41, 5.74) is 27.7. The molecule has 0 atom stereocenters. The minimum Gasteiger partial charge on any atom is -0.399 e. The second kappa shape index (κ2) is 10.3. The molecule has 0 spiro atoms. The van der Waals surface area contributed by atoms with Crippen LogP contribution >= 0.6 is 0 Å². The number of rotatable bonds is 6. The first kappa shape index (κ1) is 23.8. The van der Waals surface area contributed by atoms with E-state index in [4.69, 9.17) is 22.9 Å². The Morgan fingerprint density at radius 1 is 0.500 bits per heavy atom. The Morgan fingerprint density at radius 3 is 1.11 bits per heavy atom. The molecule has 0 radical (unpaired) electrons. The van der Waals surface area contributed by atoms with E-state index in [0.717, 1.165) is 0 Å². The van der Waals surface area contributed by atoms with Crippen molar-refractivity contribution in [3.05, 3.63) is 96.1 Å². The number of hydrogen-bond donors (Lipinski definition) is 6. The molecule has 0 bridgehead atoms. The number of carbonyl (C=O) groups is 2. The van der Waals surface area contributed by atoms with Gasteiger partial charge in [-0.2, -0.15) is 10.2 Å². The van der Waals surface area contributed by atoms with Crippen molar-refractivity contribution in [2.75, 3.05) is 33.6 Å². The molecule has 2 amide bonds. The van der Waals surface area contributed by atoms with Gasteiger partial charge in [-0.05, 0) is 84.9 Å². The van der Waals surface area contributed by atoms with E-state index in [1.165, 1.54) is 0 Å². The number of hydrogen-bond acceptors (Lipinski definition) is 8. The average Bonchev–Trinajstić information content (AvgIpc) is 2.83. The number of amides is 2. The second-order valence-electron chi connectivity index (χ2n) is 7.98. The molecule has 10 nitrogen and oxygen atoms in total. The molecule has 10 N–H and O–H groups in total. The molecule has 0 fully saturated rings. The largest absolute Gasteiger partial charge is 0.399 e. The van der Waals surface area contributed by atoms with Crippen LogP contribution in [0.3, 0.4) is 0 Å². The molecule has 4 aromatic rings. The van der Waals surface area contributed by atoms with Gasteiger partial charge in [0.05, 0.1) is 11.4 Å². The van der Waals surface area contributed by atoms with E-state index in [9.17, 15) is 9.59 Å². The van der Waals surface area contributed by atoms with E-state index < -0.39 is 0 Å². The second-order valence-corrected chi connectivity index (χ2v) is 7.98. The van der Waals surface area contributed by atoms with Crippen LogP contribution in [0.4, 0.5) is 45.5 Å². The van der Waals surface area contributed by atoms with E-state index in [1.54, 1.807) is 84.9 Å². The zero-order chi connectivity index (χ0) is 25.7. The molecule has 36 heavy (non-hydrogen) atoms. The first-order valence-electron chi connectivity index (χ1n) is 10.8. The quantitative estimate of drug-likeness (QED) is 0.167. The van der Waals surface area contributed by atoms with E-state index in [-0.39, 0.29) is 11.8 Å². The van der Waals surface area contributed by atoms with Crippen molar-refractivity contribution in [1.82, 2.24) is 0 Å². The summed E-state index contributed by atoms with van der Waals surface area (Å²) in [5, 5.41) is 14.0. The summed E-state index contributed by atoms with van der Waals surface area (Å²) in [6, 6.07) is 23.1. The lowest BCUT2D eigenvalue weighted by molar-refractivity contribution is 0.101. The number of nitrogens with one attached hydrogen (secondary N) is 2. The van der Waals surface area contributed by atoms with Gasteiger partial charge in [0.2, 0.25) is 0 Å². The van der Waals surface area contributed by atoms with Crippen LogP contribution in [0.15, 0.2) is 95.2 Å². The highest BCUT2D eigenvalue weighted by molar-refractivity contribution is 6.06. The normalized spacial score (nSPS) is 10.8. The molecule has 0 saturated heterocycles. The number of carbonyl (C=O) groups excluding carboxylic acids is 2. The summed E-state index contributed by atoms with van der Waals surface area (Å²) in [6.07, 6.45) is 0. The Bertz CT molecular complexity index is 1300. The Balaban J connectivity index is 1.35. The van der Waals surface area contributed by atoms with Gasteiger partial charge >= 0.3 is 0 Å². The van der Waals surface area contributed by atoms with Gasteiger partial charge in [0.1, 0.15) is 0 Å². The molecule has 0 aromatic heterocycles. The summed E-state index contributed by atoms with van der Waals surface area (Å²) in [5.74, 6) is -0.649. The molecule has 0 aliphatic rings. The van der Waals surface area contributed by atoms with Gasteiger partial charge in [0, 0.05) is 45.3 Å². The van der Waals surface area contributed by atoms with Crippen LogP contribution in [0.25, 0.3) is 0 Å². The maximum Gasteiger partial charge on any atom is 0.255 e. The molecule has 0 saturated carbocycles. The van der Waals surface area contributed by atoms with Crippen molar-refractivity contribution in [2.24, 2.45) is 10.2 Å². The van der Waals surface area contributed by atoms with Crippen LogP contribution in [-0.4, -0.2) is 11.8 Å². The lowest BCUT2D eigenvalue weighted by Crippen LogP contribution is -2.12. The minimum atomic E-state index is -0.324. The Morgan fingerprint density at radius 2 is 0.806 bits per heavy atom. The average molecular weight is 481 g/mol. The first-order chi connectivity index (χ1) is 17.2. The smallest absolute Gasteiger partial charge is 0.255 e. The van der Waals surface area contributed by atoms with Crippen LogP contribution in [0.2, 0.25) is 0 Å². The van der Waals surface area contributed by atoms with Crippen molar-refractivity contribution in [3.63, 3.8) is 0 Å². The lowest BCUT2D eigenvalue weighted by Gasteiger charge is -2.07. The maximum atomic E-state index is 12.4. The Hall–Kier alpha value is -5.38. The minimum absolute atomic E-state index is 0.324. The summed E-state index contributed by atoms with van der Waals surface area (Å²) in [6.45, 7) is 0. The molecular weight excluding hydrogens is 456 g/mol. The molecule has 0 aliphatic carbocycles. The number of benzene rings is 4. The number of azo groups is 1. The van der Waals surface area contributed by atoms with Crippen molar-refractivity contribution < 1.29 is 9.59 Å². The molecule has 0 heterocycles. The molecule has 180 valence electrons. The highest BCUT2D eigenvalue weighted by Gasteiger charge is 2.09. The van der Waals surface area contributed by atoms with Gasteiger partial charge in [-0.3, -0.25) is 9.59 Å². The number of nitrogens with zero attached hydrogens (tertiary/aromatic N) is 2. The standard InChI is InChI=1S/C26H24N8O2/c27-17-9-15(10-18(28)13-17)25(35)31-21-1-5-23(6-2-21)33-34-24-7-3-22(4-8-24)32-26(36)16-11-19(29)14-20(30)12-16/h1-14H,27-30H2,(H,31,35)(H,32,36). The van der Waals surface area contributed by atoms with Crippen molar-refractivity contribution in [2.45, 2.75) is 0 Å². The lowest BCUT2D eigenvalue weighted by atomic mass is 10.1. The summed E-state index contributed by atoms with van der Waals surface area (Å²) in [7, 11) is 0. The third kappa shape index (κ3) is 6.14. The fourth-order valence-corrected chi connectivity index (χ4v) is 3.36. The van der Waals surface area contributed by atoms with Crippen LogP contribution in [0, 0.1) is 0 Å². The predicted molar refractivity (Wildman–Crippen MR) is 143 cm³/mol. The van der Waals surface area contributed by atoms with E-state index >= 15 is 0 Å². The topological polar surface area (TPSA) is 187 Å². The fourth-order valence-electron chi connectivity index (χ4n) is 3.36. The van der Waals surface area contributed by atoms with E-state index in [1.807, 2.05) is 0 Å². The molecule has 0 aliphatic heterocycles. The summed E-state index contributed by atoms with van der Waals surface area (Å²) >= 11 is 0. The van der Waals surface area contributed by atoms with Crippen LogP contribution < -0.4 is 33.6 Å². The fraction of sp³-hybridized carbons (Fsp3) is 0. The zero-order valence-corrected chi connectivity index (χ0v) is 19.1. The molecule has 10 heteroatoms. The molecule has 4 aromatic carbocycles. The first-order valence-corrected chi connectivity index (χ1v) is 10.8. The highest BCUT2D eigenvalue weighted by Crippen LogP contribution is 2.23. The third-order valence-electron chi connectivity index (χ3n) is 5.01. The molecule has 4 rings (SSSR count). The van der Waals surface area contributed by atoms with Crippen molar-refractivity contribution in [3.8, 4) is 0 Å². The van der Waals surface area contributed by atoms with E-state index in [2.05, 4.69) is 20.9 Å². The zero-order valence-electron chi connectivity index (χ0n) is 19.1. The van der Waals surface area contributed by atoms with Crippen molar-refractivity contribution >= 4 is 57.3 Å². The number of anilines is 6. The third-order valence-corrected chi connectivity index (χ3v) is 5.01. The van der Waals surface area contributed by atoms with Gasteiger partial charge in [0.15, 0.2) is 0 Å². The predicted octanol–water partition coefficient (Wildman–Crippen LogP) is 4.94. The van der Waals surface area contributed by atoms with Crippen LogP contribution in [0.5, 0.6) is 0 Å². The SMILES string of the molecule is Nc1cc(N)cc(C(=O)Nc2ccc(N=Nc3ccc(NC(=O)c4cc(N)cc(N)c4)cc3)cc2)c1. The maximum absolute atomic E-state index is 12.4.